The molecule has 0 radical (unpaired) electrons. The summed E-state index contributed by atoms with van der Waals surface area (Å²) < 4.78 is 0. The van der Waals surface area contributed by atoms with Gasteiger partial charge in [-0.15, -0.1) is 0 Å². The number of rotatable bonds is 6. The highest BCUT2D eigenvalue weighted by molar-refractivity contribution is 5.98. The van der Waals surface area contributed by atoms with E-state index in [4.69, 9.17) is 0 Å². The molecule has 0 heterocycles. The Morgan fingerprint density at radius 3 is 2.50 bits per heavy atom. The van der Waals surface area contributed by atoms with E-state index in [1.807, 2.05) is 0 Å². The van der Waals surface area contributed by atoms with Crippen LogP contribution in [0.1, 0.15) is 55.3 Å². The minimum Gasteiger partial charge on any atom is -0.481 e. The fraction of sp³-hybridized carbons (Fsp3) is 0.500. The number of benzene rings is 1. The van der Waals surface area contributed by atoms with Crippen molar-refractivity contribution in [1.82, 2.24) is 5.32 Å². The molecule has 128 valence electrons. The molecule has 0 bridgehead atoms. The SMILES string of the molecule is O=C(CC1(C(=O)O)CCCC1)Nc1cccc(C(=O)NC2CC2)c1. The second kappa shape index (κ2) is 6.63. The van der Waals surface area contributed by atoms with E-state index in [-0.39, 0.29) is 24.3 Å². The largest absolute Gasteiger partial charge is 0.481 e. The van der Waals surface area contributed by atoms with Crippen LogP contribution in [0.15, 0.2) is 24.3 Å². The van der Waals surface area contributed by atoms with Gasteiger partial charge in [-0.1, -0.05) is 18.9 Å². The molecule has 2 aliphatic rings. The van der Waals surface area contributed by atoms with Crippen molar-refractivity contribution in [2.75, 3.05) is 5.32 Å². The Balaban J connectivity index is 1.63. The number of carbonyl (C=O) groups is 3. The van der Waals surface area contributed by atoms with Gasteiger partial charge in [0.25, 0.3) is 5.91 Å². The summed E-state index contributed by atoms with van der Waals surface area (Å²) in [5, 5.41) is 15.1. The van der Waals surface area contributed by atoms with Crippen LogP contribution < -0.4 is 10.6 Å². The van der Waals surface area contributed by atoms with E-state index in [0.29, 0.717) is 24.1 Å². The van der Waals surface area contributed by atoms with Crippen molar-refractivity contribution in [2.24, 2.45) is 5.41 Å². The molecule has 0 aromatic heterocycles. The van der Waals surface area contributed by atoms with Gasteiger partial charge in [-0.3, -0.25) is 14.4 Å². The van der Waals surface area contributed by atoms with Gasteiger partial charge in [-0.25, -0.2) is 0 Å². The number of hydrogen-bond acceptors (Lipinski definition) is 3. The van der Waals surface area contributed by atoms with Crippen LogP contribution in [0.4, 0.5) is 5.69 Å². The highest BCUT2D eigenvalue weighted by Crippen LogP contribution is 2.41. The van der Waals surface area contributed by atoms with E-state index in [1.165, 1.54) is 0 Å². The molecule has 0 atom stereocenters. The number of carbonyl (C=O) groups excluding carboxylic acids is 2. The third-order valence-electron chi connectivity index (χ3n) is 4.83. The van der Waals surface area contributed by atoms with E-state index >= 15 is 0 Å². The van der Waals surface area contributed by atoms with Crippen LogP contribution in [0.25, 0.3) is 0 Å². The van der Waals surface area contributed by atoms with Crippen LogP contribution in [-0.2, 0) is 9.59 Å². The summed E-state index contributed by atoms with van der Waals surface area (Å²) in [4.78, 5) is 35.9. The molecule has 1 aromatic rings. The zero-order valence-corrected chi connectivity index (χ0v) is 13.5. The lowest BCUT2D eigenvalue weighted by atomic mass is 9.82. The molecule has 2 saturated carbocycles. The molecular weight excluding hydrogens is 308 g/mol. The number of aliphatic carboxylic acids is 1. The van der Waals surface area contributed by atoms with E-state index in [9.17, 15) is 19.5 Å². The lowest BCUT2D eigenvalue weighted by Gasteiger charge is -2.22. The van der Waals surface area contributed by atoms with Crippen LogP contribution in [-0.4, -0.2) is 28.9 Å². The summed E-state index contributed by atoms with van der Waals surface area (Å²) in [6.45, 7) is 0. The number of carboxylic acid groups (broad SMARTS) is 1. The molecular formula is C18H22N2O4. The van der Waals surface area contributed by atoms with Crippen molar-refractivity contribution in [3.8, 4) is 0 Å². The molecule has 3 N–H and O–H groups in total. The van der Waals surface area contributed by atoms with E-state index in [1.54, 1.807) is 24.3 Å². The van der Waals surface area contributed by atoms with Gasteiger partial charge in [-0.05, 0) is 43.9 Å². The predicted molar refractivity (Wildman–Crippen MR) is 88.7 cm³/mol. The van der Waals surface area contributed by atoms with Crippen molar-refractivity contribution < 1.29 is 19.5 Å². The smallest absolute Gasteiger partial charge is 0.310 e. The molecule has 24 heavy (non-hydrogen) atoms. The van der Waals surface area contributed by atoms with Crippen LogP contribution >= 0.6 is 0 Å². The van der Waals surface area contributed by atoms with Crippen molar-refractivity contribution >= 4 is 23.5 Å². The average molecular weight is 330 g/mol. The molecule has 2 amide bonds. The predicted octanol–water partition coefficient (Wildman–Crippen LogP) is 2.55. The Labute approximate surface area is 140 Å². The standard InChI is InChI=1S/C18H22N2O4/c21-15(11-18(17(23)24)8-1-2-9-18)19-14-5-3-4-12(10-14)16(22)20-13-6-7-13/h3-5,10,13H,1-2,6-9,11H2,(H,19,21)(H,20,22)(H,23,24). The van der Waals surface area contributed by atoms with Crippen LogP contribution in [0.3, 0.4) is 0 Å². The topological polar surface area (TPSA) is 95.5 Å². The molecule has 0 spiro atoms. The highest BCUT2D eigenvalue weighted by atomic mass is 16.4. The van der Waals surface area contributed by atoms with Gasteiger partial charge in [0.15, 0.2) is 0 Å². The number of carboxylic acids is 1. The molecule has 6 heteroatoms. The minimum atomic E-state index is -0.939. The second-order valence-corrected chi connectivity index (χ2v) is 6.85. The zero-order chi connectivity index (χ0) is 17.2. The maximum absolute atomic E-state index is 12.3. The Kier molecular flexibility index (Phi) is 4.55. The molecule has 6 nitrogen and oxygen atoms in total. The molecule has 0 aliphatic heterocycles. The summed E-state index contributed by atoms with van der Waals surface area (Å²) in [6.07, 6.45) is 4.77. The molecule has 0 saturated heterocycles. The van der Waals surface area contributed by atoms with Crippen LogP contribution in [0.5, 0.6) is 0 Å². The molecule has 0 unspecified atom stereocenters. The quantitative estimate of drug-likeness (QED) is 0.747. The van der Waals surface area contributed by atoms with Crippen molar-refractivity contribution in [1.29, 1.82) is 0 Å². The Hall–Kier alpha value is -2.37. The third-order valence-corrected chi connectivity index (χ3v) is 4.83. The average Bonchev–Trinajstić information content (AvgIpc) is 3.22. The summed E-state index contributed by atoms with van der Waals surface area (Å²) in [6, 6.07) is 7.00. The fourth-order valence-electron chi connectivity index (χ4n) is 3.27. The van der Waals surface area contributed by atoms with E-state index < -0.39 is 11.4 Å². The Morgan fingerprint density at radius 2 is 1.88 bits per heavy atom. The van der Waals surface area contributed by atoms with Gasteiger partial charge in [0.2, 0.25) is 5.91 Å². The zero-order valence-electron chi connectivity index (χ0n) is 13.5. The van der Waals surface area contributed by atoms with Crippen molar-refractivity contribution in [3.05, 3.63) is 29.8 Å². The lowest BCUT2D eigenvalue weighted by molar-refractivity contribution is -0.150. The molecule has 3 rings (SSSR count). The summed E-state index contributed by atoms with van der Waals surface area (Å²) in [7, 11) is 0. The number of anilines is 1. The highest BCUT2D eigenvalue weighted by Gasteiger charge is 2.42. The first kappa shape index (κ1) is 16.5. The molecule has 1 aromatic carbocycles. The van der Waals surface area contributed by atoms with Crippen LogP contribution in [0.2, 0.25) is 0 Å². The van der Waals surface area contributed by atoms with Crippen LogP contribution in [0, 0.1) is 5.41 Å². The van der Waals surface area contributed by atoms with E-state index in [2.05, 4.69) is 10.6 Å². The first-order chi connectivity index (χ1) is 11.5. The second-order valence-electron chi connectivity index (χ2n) is 6.85. The van der Waals surface area contributed by atoms with Crippen molar-refractivity contribution in [3.63, 3.8) is 0 Å². The Bertz CT molecular complexity index is 661. The maximum Gasteiger partial charge on any atom is 0.310 e. The third kappa shape index (κ3) is 3.75. The summed E-state index contributed by atoms with van der Waals surface area (Å²) in [5.41, 5.74) is 0.0703. The van der Waals surface area contributed by atoms with Gasteiger partial charge in [-0.2, -0.15) is 0 Å². The van der Waals surface area contributed by atoms with Gasteiger partial charge >= 0.3 is 5.97 Å². The monoisotopic (exact) mass is 330 g/mol. The number of hydrogen-bond donors (Lipinski definition) is 3. The van der Waals surface area contributed by atoms with Gasteiger partial charge in [0, 0.05) is 23.7 Å². The number of amides is 2. The first-order valence-corrected chi connectivity index (χ1v) is 8.43. The Morgan fingerprint density at radius 1 is 1.17 bits per heavy atom. The lowest BCUT2D eigenvalue weighted by Crippen LogP contribution is -2.32. The minimum absolute atomic E-state index is 0.0270. The van der Waals surface area contributed by atoms with Gasteiger partial charge < -0.3 is 15.7 Å². The summed E-state index contributed by atoms with van der Waals surface area (Å²) in [5.74, 6) is -1.36. The normalized spacial score (nSPS) is 18.8. The number of nitrogens with one attached hydrogen (secondary N) is 2. The maximum atomic E-state index is 12.3. The fourth-order valence-corrected chi connectivity index (χ4v) is 3.27. The van der Waals surface area contributed by atoms with Crippen molar-refractivity contribution in [2.45, 2.75) is 51.0 Å². The van der Waals surface area contributed by atoms with Gasteiger partial charge in [0.1, 0.15) is 0 Å². The molecule has 2 aliphatic carbocycles. The van der Waals surface area contributed by atoms with E-state index in [0.717, 1.165) is 25.7 Å². The first-order valence-electron chi connectivity index (χ1n) is 8.43. The molecule has 2 fully saturated rings. The van der Waals surface area contributed by atoms with Gasteiger partial charge in [0.05, 0.1) is 5.41 Å². The summed E-state index contributed by atoms with van der Waals surface area (Å²) >= 11 is 0.